The maximum atomic E-state index is 12.9. The summed E-state index contributed by atoms with van der Waals surface area (Å²) in [6.07, 6.45) is 1.76. The molecular weight excluding hydrogens is 430 g/mol. The molecule has 2 aliphatic heterocycles. The first-order valence-electron chi connectivity index (χ1n) is 10.6. The lowest BCUT2D eigenvalue weighted by atomic mass is 10.1. The molecule has 0 bridgehead atoms. The SMILES string of the molecule is Cc1cc(C)cc(-n2c(C)cc(C=C3C(=N)N4N=C(c5ccccc5)SC4=NC3=O)c2C)c1. The van der Waals surface area contributed by atoms with Crippen molar-refractivity contribution in [3.8, 4) is 5.69 Å². The van der Waals surface area contributed by atoms with Crippen molar-refractivity contribution in [2.45, 2.75) is 27.7 Å². The van der Waals surface area contributed by atoms with Crippen LogP contribution >= 0.6 is 11.8 Å². The molecule has 6 nitrogen and oxygen atoms in total. The second-order valence-corrected chi connectivity index (χ2v) is 9.25. The highest BCUT2D eigenvalue weighted by Gasteiger charge is 2.36. The van der Waals surface area contributed by atoms with Crippen LogP contribution in [-0.2, 0) is 4.79 Å². The highest BCUT2D eigenvalue weighted by Crippen LogP contribution is 2.32. The number of benzene rings is 2. The summed E-state index contributed by atoms with van der Waals surface area (Å²) in [6, 6.07) is 18.2. The first-order valence-corrected chi connectivity index (χ1v) is 11.5. The van der Waals surface area contributed by atoms with E-state index in [1.807, 2.05) is 50.2 Å². The van der Waals surface area contributed by atoms with Crippen molar-refractivity contribution < 1.29 is 4.79 Å². The molecule has 164 valence electrons. The van der Waals surface area contributed by atoms with Gasteiger partial charge < -0.3 is 4.57 Å². The number of aliphatic imine (C=N–C) groups is 1. The molecule has 5 rings (SSSR count). The van der Waals surface area contributed by atoms with E-state index in [0.29, 0.717) is 5.17 Å². The molecular formula is C26H23N5OS. The van der Waals surface area contributed by atoms with Crippen LogP contribution in [0.3, 0.4) is 0 Å². The Morgan fingerprint density at radius 3 is 2.36 bits per heavy atom. The van der Waals surface area contributed by atoms with Crippen molar-refractivity contribution in [1.82, 2.24) is 9.58 Å². The van der Waals surface area contributed by atoms with Crippen LogP contribution in [0.1, 0.15) is 33.6 Å². The van der Waals surface area contributed by atoms with Crippen LogP contribution in [-0.4, -0.2) is 31.5 Å². The lowest BCUT2D eigenvalue weighted by Gasteiger charge is -2.20. The number of rotatable bonds is 3. The molecule has 0 atom stereocenters. The normalized spacial score (nSPS) is 16.8. The summed E-state index contributed by atoms with van der Waals surface area (Å²) in [5, 5.41) is 15.8. The Balaban J connectivity index is 1.53. The van der Waals surface area contributed by atoms with E-state index in [0.717, 1.165) is 33.2 Å². The largest absolute Gasteiger partial charge is 0.318 e. The minimum atomic E-state index is -0.417. The van der Waals surface area contributed by atoms with Crippen LogP contribution in [0.4, 0.5) is 0 Å². The zero-order valence-electron chi connectivity index (χ0n) is 18.9. The molecule has 0 saturated heterocycles. The molecule has 0 radical (unpaired) electrons. The predicted molar refractivity (Wildman–Crippen MR) is 135 cm³/mol. The first kappa shape index (κ1) is 21.2. The Hall–Kier alpha value is -3.71. The first-order chi connectivity index (χ1) is 15.8. The Bertz CT molecular complexity index is 1390. The molecule has 0 fully saturated rings. The van der Waals surface area contributed by atoms with Gasteiger partial charge in [0.15, 0.2) is 5.84 Å². The number of amides is 1. The highest BCUT2D eigenvalue weighted by atomic mass is 32.2. The number of carbonyl (C=O) groups is 1. The van der Waals surface area contributed by atoms with Gasteiger partial charge in [0, 0.05) is 22.6 Å². The molecule has 2 aromatic carbocycles. The number of hydrogen-bond acceptors (Lipinski definition) is 4. The molecule has 0 aliphatic carbocycles. The average molecular weight is 454 g/mol. The fourth-order valence-corrected chi connectivity index (χ4v) is 5.15. The number of nitrogens with zero attached hydrogens (tertiary/aromatic N) is 4. The molecule has 0 spiro atoms. The van der Waals surface area contributed by atoms with Gasteiger partial charge in [0.25, 0.3) is 5.91 Å². The minimum absolute atomic E-state index is 0.0413. The van der Waals surface area contributed by atoms with E-state index in [1.165, 1.54) is 27.9 Å². The molecule has 0 unspecified atom stereocenters. The predicted octanol–water partition coefficient (Wildman–Crippen LogP) is 5.38. The van der Waals surface area contributed by atoms with E-state index in [-0.39, 0.29) is 11.4 Å². The van der Waals surface area contributed by atoms with Crippen LogP contribution in [0, 0.1) is 33.1 Å². The van der Waals surface area contributed by atoms with Gasteiger partial charge in [-0.3, -0.25) is 10.2 Å². The second kappa shape index (κ2) is 8.01. The van der Waals surface area contributed by atoms with Gasteiger partial charge in [0.2, 0.25) is 5.17 Å². The number of hydrazone groups is 1. The van der Waals surface area contributed by atoms with Gasteiger partial charge in [-0.1, -0.05) is 36.4 Å². The molecule has 1 amide bonds. The lowest BCUT2D eigenvalue weighted by molar-refractivity contribution is -0.114. The van der Waals surface area contributed by atoms with Gasteiger partial charge >= 0.3 is 0 Å². The zero-order chi connectivity index (χ0) is 23.3. The number of aryl methyl sites for hydroxylation is 3. The zero-order valence-corrected chi connectivity index (χ0v) is 19.7. The van der Waals surface area contributed by atoms with E-state index in [1.54, 1.807) is 6.08 Å². The summed E-state index contributed by atoms with van der Waals surface area (Å²) in [4.78, 5) is 17.1. The summed E-state index contributed by atoms with van der Waals surface area (Å²) in [7, 11) is 0. The average Bonchev–Trinajstić information content (AvgIpc) is 3.31. The molecule has 1 aromatic heterocycles. The van der Waals surface area contributed by atoms with Crippen molar-refractivity contribution in [1.29, 1.82) is 5.41 Å². The fraction of sp³-hybridized carbons (Fsp3) is 0.154. The summed E-state index contributed by atoms with van der Waals surface area (Å²) < 4.78 is 2.18. The molecule has 1 N–H and O–H groups in total. The standard InChI is InChI=1S/C26H23N5OS/c1-15-10-16(2)12-21(11-15)30-17(3)13-20(18(30)4)14-22-23(27)31-26(28-24(22)32)33-25(29-31)19-8-6-5-7-9-19/h5-14,27H,1-4H3. The summed E-state index contributed by atoms with van der Waals surface area (Å²) >= 11 is 1.31. The molecule has 0 saturated carbocycles. The smallest absolute Gasteiger partial charge is 0.283 e. The maximum Gasteiger partial charge on any atom is 0.283 e. The van der Waals surface area contributed by atoms with Gasteiger partial charge in [-0.15, -0.1) is 0 Å². The number of amidine groups is 2. The maximum absolute atomic E-state index is 12.9. The van der Waals surface area contributed by atoms with Crippen LogP contribution in [0.2, 0.25) is 0 Å². The van der Waals surface area contributed by atoms with Crippen LogP contribution < -0.4 is 0 Å². The third-order valence-electron chi connectivity index (χ3n) is 5.71. The van der Waals surface area contributed by atoms with E-state index in [4.69, 9.17) is 5.41 Å². The quantitative estimate of drug-likeness (QED) is 0.541. The summed E-state index contributed by atoms with van der Waals surface area (Å²) in [5.41, 5.74) is 7.60. The van der Waals surface area contributed by atoms with Gasteiger partial charge in [0.05, 0.1) is 5.57 Å². The second-order valence-electron chi connectivity index (χ2n) is 8.30. The van der Waals surface area contributed by atoms with Crippen LogP contribution in [0.15, 0.2) is 70.3 Å². The Labute approximate surface area is 196 Å². The molecule has 3 aromatic rings. The topological polar surface area (TPSA) is 73.8 Å². The van der Waals surface area contributed by atoms with Gasteiger partial charge in [-0.05, 0) is 80.4 Å². The van der Waals surface area contributed by atoms with Crippen molar-refractivity contribution in [2.24, 2.45) is 10.1 Å². The van der Waals surface area contributed by atoms with Gasteiger partial charge in [0.1, 0.15) is 5.04 Å². The number of carbonyl (C=O) groups excluding carboxylic acids is 1. The Morgan fingerprint density at radius 2 is 1.67 bits per heavy atom. The van der Waals surface area contributed by atoms with Crippen LogP contribution in [0.25, 0.3) is 11.8 Å². The van der Waals surface area contributed by atoms with Crippen molar-refractivity contribution in [2.75, 3.05) is 0 Å². The third-order valence-corrected chi connectivity index (χ3v) is 6.67. The van der Waals surface area contributed by atoms with Crippen LogP contribution in [0.5, 0.6) is 0 Å². The highest BCUT2D eigenvalue weighted by molar-refractivity contribution is 8.27. The number of hydrogen-bond donors (Lipinski definition) is 1. The van der Waals surface area contributed by atoms with Gasteiger partial charge in [-0.25, -0.2) is 0 Å². The number of aromatic nitrogens is 1. The fourth-order valence-electron chi connectivity index (χ4n) is 4.26. The minimum Gasteiger partial charge on any atom is -0.318 e. The number of nitrogens with one attached hydrogen (secondary N) is 1. The van der Waals surface area contributed by atoms with E-state index in [9.17, 15) is 4.79 Å². The van der Waals surface area contributed by atoms with Crippen molar-refractivity contribution in [3.05, 3.63) is 93.8 Å². The number of thioether (sulfide) groups is 1. The van der Waals surface area contributed by atoms with Crippen molar-refractivity contribution in [3.63, 3.8) is 0 Å². The summed E-state index contributed by atoms with van der Waals surface area (Å²) in [6.45, 7) is 8.25. The molecule has 2 aliphatic rings. The molecule has 33 heavy (non-hydrogen) atoms. The van der Waals surface area contributed by atoms with E-state index < -0.39 is 5.91 Å². The van der Waals surface area contributed by atoms with E-state index in [2.05, 4.69) is 46.7 Å². The van der Waals surface area contributed by atoms with Gasteiger partial charge in [-0.2, -0.15) is 15.1 Å². The Kier molecular flexibility index (Phi) is 5.13. The van der Waals surface area contributed by atoms with E-state index >= 15 is 0 Å². The summed E-state index contributed by atoms with van der Waals surface area (Å²) in [5.74, 6) is -0.376. The Morgan fingerprint density at radius 1 is 0.970 bits per heavy atom. The third kappa shape index (κ3) is 3.74. The van der Waals surface area contributed by atoms with Crippen molar-refractivity contribution >= 4 is 39.8 Å². The number of fused-ring (bicyclic) bond motifs is 1. The monoisotopic (exact) mass is 453 g/mol. The lowest BCUT2D eigenvalue weighted by Crippen LogP contribution is -2.35. The molecule has 3 heterocycles. The molecule has 7 heteroatoms.